The summed E-state index contributed by atoms with van der Waals surface area (Å²) in [4.78, 5) is 23.8. The first kappa shape index (κ1) is 25.6. The lowest BCUT2D eigenvalue weighted by molar-refractivity contribution is -0.186. The van der Waals surface area contributed by atoms with Crippen LogP contribution >= 0.6 is 0 Å². The molecule has 6 rings (SSSR count). The number of carboxylic acid groups (broad SMARTS) is 1. The number of halogens is 2. The van der Waals surface area contributed by atoms with E-state index in [9.17, 15) is 23.9 Å². The number of ether oxygens (including phenoxy) is 1. The summed E-state index contributed by atoms with van der Waals surface area (Å²) in [6, 6.07) is 9.33. The highest BCUT2D eigenvalue weighted by molar-refractivity contribution is 5.88. The summed E-state index contributed by atoms with van der Waals surface area (Å²) in [5.74, 6) is -2.62. The number of alkyl halides is 2. The SMILES string of the molecule is COc1cc(C)c2[nH]ccc2c1CN1CCC2(C[C@H]1c1ccc(C(=O)O)nc1N1CC(C#N)C1)CC(F)(F)C2. The van der Waals surface area contributed by atoms with Crippen molar-refractivity contribution in [1.82, 2.24) is 14.9 Å². The molecule has 0 radical (unpaired) electrons. The van der Waals surface area contributed by atoms with Gasteiger partial charge >= 0.3 is 5.97 Å². The first-order valence-corrected chi connectivity index (χ1v) is 13.3. The highest BCUT2D eigenvalue weighted by atomic mass is 19.3. The zero-order chi connectivity index (χ0) is 27.5. The Hall–Kier alpha value is -3.71. The Labute approximate surface area is 225 Å². The number of aromatic nitrogens is 2. The van der Waals surface area contributed by atoms with Crippen molar-refractivity contribution in [2.45, 2.75) is 51.1 Å². The van der Waals surface area contributed by atoms with Gasteiger partial charge in [-0.25, -0.2) is 18.6 Å². The van der Waals surface area contributed by atoms with E-state index in [4.69, 9.17) is 4.74 Å². The van der Waals surface area contributed by atoms with E-state index in [0.717, 1.165) is 33.3 Å². The number of anilines is 1. The number of pyridine rings is 1. The van der Waals surface area contributed by atoms with Gasteiger partial charge in [0.15, 0.2) is 5.69 Å². The smallest absolute Gasteiger partial charge is 0.354 e. The Bertz CT molecular complexity index is 1480. The van der Waals surface area contributed by atoms with E-state index in [-0.39, 0.29) is 30.5 Å². The number of fused-ring (bicyclic) bond motifs is 1. The van der Waals surface area contributed by atoms with Gasteiger partial charge in [-0.1, -0.05) is 6.07 Å². The molecule has 3 aromatic rings. The summed E-state index contributed by atoms with van der Waals surface area (Å²) in [5.41, 5.74) is 3.41. The Morgan fingerprint density at radius 1 is 1.31 bits per heavy atom. The number of nitrogens with zero attached hydrogens (tertiary/aromatic N) is 4. The minimum atomic E-state index is -2.64. The van der Waals surface area contributed by atoms with Crippen LogP contribution in [-0.4, -0.2) is 58.6 Å². The number of aromatic carboxylic acids is 1. The summed E-state index contributed by atoms with van der Waals surface area (Å²) in [6.07, 6.45) is 2.85. The van der Waals surface area contributed by atoms with Crippen LogP contribution in [0.5, 0.6) is 5.75 Å². The molecular weight excluding hydrogens is 504 g/mol. The number of hydrogen-bond acceptors (Lipinski definition) is 6. The third-order valence-corrected chi connectivity index (χ3v) is 8.80. The monoisotopic (exact) mass is 535 g/mol. The molecule has 3 fully saturated rings. The van der Waals surface area contributed by atoms with Crippen LogP contribution in [0.15, 0.2) is 30.5 Å². The zero-order valence-electron chi connectivity index (χ0n) is 22.0. The van der Waals surface area contributed by atoms with Crippen molar-refractivity contribution in [2.75, 3.05) is 31.6 Å². The lowest BCUT2D eigenvalue weighted by atomic mass is 9.59. The normalized spacial score (nSPS) is 22.3. The molecule has 2 aromatic heterocycles. The Kier molecular flexibility index (Phi) is 6.03. The maximum Gasteiger partial charge on any atom is 0.354 e. The van der Waals surface area contributed by atoms with Gasteiger partial charge in [0.1, 0.15) is 11.6 Å². The van der Waals surface area contributed by atoms with Crippen LogP contribution in [0.4, 0.5) is 14.6 Å². The second kappa shape index (κ2) is 9.19. The van der Waals surface area contributed by atoms with Gasteiger partial charge in [0.05, 0.1) is 19.1 Å². The summed E-state index contributed by atoms with van der Waals surface area (Å²) in [5, 5.41) is 20.0. The largest absolute Gasteiger partial charge is 0.496 e. The Morgan fingerprint density at radius 3 is 2.74 bits per heavy atom. The molecule has 3 aliphatic rings. The van der Waals surface area contributed by atoms with E-state index in [0.29, 0.717) is 44.8 Å². The first-order chi connectivity index (χ1) is 18.6. The number of nitriles is 1. The lowest BCUT2D eigenvalue weighted by Gasteiger charge is -2.55. The maximum atomic E-state index is 14.2. The quantitative estimate of drug-likeness (QED) is 0.442. The van der Waals surface area contributed by atoms with Crippen LogP contribution < -0.4 is 9.64 Å². The number of rotatable bonds is 6. The van der Waals surface area contributed by atoms with Gasteiger partial charge in [-0.2, -0.15) is 5.26 Å². The van der Waals surface area contributed by atoms with E-state index < -0.39 is 17.3 Å². The van der Waals surface area contributed by atoms with Crippen molar-refractivity contribution < 1.29 is 23.4 Å². The topological polar surface area (TPSA) is 105 Å². The third-order valence-electron chi connectivity index (χ3n) is 8.80. The van der Waals surface area contributed by atoms with Gasteiger partial charge in [0.2, 0.25) is 5.92 Å². The number of likely N-dealkylation sites (tertiary alicyclic amines) is 1. The van der Waals surface area contributed by atoms with Crippen LogP contribution in [0.25, 0.3) is 10.9 Å². The van der Waals surface area contributed by atoms with Gasteiger partial charge in [0, 0.05) is 66.7 Å². The molecule has 1 spiro atoms. The van der Waals surface area contributed by atoms with Crippen LogP contribution in [-0.2, 0) is 6.54 Å². The minimum Gasteiger partial charge on any atom is -0.496 e. The number of H-pyrrole nitrogens is 1. The van der Waals surface area contributed by atoms with Crippen LogP contribution in [0.3, 0.4) is 0 Å². The summed E-state index contributed by atoms with van der Waals surface area (Å²) < 4.78 is 34.1. The number of hydrogen-bond donors (Lipinski definition) is 2. The fraction of sp³-hybridized carbons (Fsp3) is 0.483. The van der Waals surface area contributed by atoms with E-state index in [1.807, 2.05) is 30.2 Å². The van der Waals surface area contributed by atoms with Crippen molar-refractivity contribution in [3.8, 4) is 11.8 Å². The van der Waals surface area contributed by atoms with Crippen molar-refractivity contribution in [3.05, 3.63) is 52.8 Å². The summed E-state index contributed by atoms with van der Waals surface area (Å²) >= 11 is 0. The molecule has 2 saturated heterocycles. The minimum absolute atomic E-state index is 0.0735. The third kappa shape index (κ3) is 4.39. The highest BCUT2D eigenvalue weighted by Crippen LogP contribution is 2.61. The molecule has 1 atom stereocenters. The van der Waals surface area contributed by atoms with Gasteiger partial charge in [0.25, 0.3) is 0 Å². The molecule has 1 aliphatic carbocycles. The number of aromatic amines is 1. The Morgan fingerprint density at radius 2 is 2.08 bits per heavy atom. The molecule has 2 aliphatic heterocycles. The lowest BCUT2D eigenvalue weighted by Crippen LogP contribution is -2.53. The molecule has 10 heteroatoms. The van der Waals surface area contributed by atoms with Gasteiger partial charge in [-0.15, -0.1) is 0 Å². The van der Waals surface area contributed by atoms with Crippen LogP contribution in [0.1, 0.15) is 58.9 Å². The van der Waals surface area contributed by atoms with Gasteiger partial charge in [-0.05, 0) is 55.5 Å². The standard InChI is InChI=1S/C29H31F2N5O3/c1-17-9-24(39-2)21(19-5-7-33-25(17)19)14-35-8-6-28(15-29(30,31)16-28)10-23(35)20-3-4-22(27(37)38)34-26(20)36-12-18(11-32)13-36/h3-5,7,9,18,23,33H,6,8,10,12-16H2,1-2H3,(H,37,38)/t23-/m0/s1. The van der Waals surface area contributed by atoms with E-state index in [1.165, 1.54) is 6.07 Å². The van der Waals surface area contributed by atoms with Gasteiger partial charge in [-0.3, -0.25) is 4.90 Å². The number of carboxylic acids is 1. The van der Waals surface area contributed by atoms with E-state index >= 15 is 0 Å². The van der Waals surface area contributed by atoms with Gasteiger partial charge < -0.3 is 19.7 Å². The number of aryl methyl sites for hydroxylation is 1. The zero-order valence-corrected chi connectivity index (χ0v) is 22.0. The van der Waals surface area contributed by atoms with E-state index in [2.05, 4.69) is 20.9 Å². The van der Waals surface area contributed by atoms with E-state index in [1.54, 1.807) is 13.2 Å². The second-order valence-corrected chi connectivity index (χ2v) is 11.4. The predicted molar refractivity (Wildman–Crippen MR) is 141 cm³/mol. The molecule has 0 bridgehead atoms. The highest BCUT2D eigenvalue weighted by Gasteiger charge is 2.58. The molecule has 8 nitrogen and oxygen atoms in total. The molecule has 4 heterocycles. The average Bonchev–Trinajstić information content (AvgIpc) is 3.35. The van der Waals surface area contributed by atoms with Crippen molar-refractivity contribution in [3.63, 3.8) is 0 Å². The summed E-state index contributed by atoms with van der Waals surface area (Å²) in [7, 11) is 1.65. The van der Waals surface area contributed by atoms with Crippen molar-refractivity contribution in [2.24, 2.45) is 11.3 Å². The molecule has 1 saturated carbocycles. The maximum absolute atomic E-state index is 14.2. The average molecular weight is 536 g/mol. The van der Waals surface area contributed by atoms with Crippen molar-refractivity contribution in [1.29, 1.82) is 5.26 Å². The molecule has 204 valence electrons. The second-order valence-electron chi connectivity index (χ2n) is 11.4. The number of benzene rings is 1. The number of nitrogens with one attached hydrogen (secondary N) is 1. The fourth-order valence-electron chi connectivity index (χ4n) is 6.85. The first-order valence-electron chi connectivity index (χ1n) is 13.3. The summed E-state index contributed by atoms with van der Waals surface area (Å²) in [6.45, 7) is 4.11. The Balaban J connectivity index is 1.42. The molecule has 39 heavy (non-hydrogen) atoms. The molecule has 0 amide bonds. The number of methoxy groups -OCH3 is 1. The predicted octanol–water partition coefficient (Wildman–Crippen LogP) is 5.29. The number of carbonyl (C=O) groups is 1. The molecule has 2 N–H and O–H groups in total. The fourth-order valence-corrected chi connectivity index (χ4v) is 6.85. The number of piperidine rings is 1. The van der Waals surface area contributed by atoms with Crippen LogP contribution in [0.2, 0.25) is 0 Å². The molecular formula is C29H31F2N5O3. The molecule has 0 unspecified atom stereocenters. The molecule has 1 aromatic carbocycles. The van der Waals surface area contributed by atoms with Crippen molar-refractivity contribution >= 4 is 22.7 Å². The van der Waals surface area contributed by atoms with Crippen LogP contribution in [0, 0.1) is 29.6 Å².